The molecule has 0 saturated carbocycles. The second-order valence-electron chi connectivity index (χ2n) is 4.98. The molecule has 1 unspecified atom stereocenters. The fourth-order valence-electron chi connectivity index (χ4n) is 1.25. The molecule has 3 heteroatoms. The third-order valence-electron chi connectivity index (χ3n) is 2.68. The van der Waals surface area contributed by atoms with Crippen LogP contribution < -0.4 is 4.74 Å². The Morgan fingerprint density at radius 3 is 2.25 bits per heavy atom. The lowest BCUT2D eigenvalue weighted by molar-refractivity contribution is 0.166. The van der Waals surface area contributed by atoms with Crippen LogP contribution in [0, 0.1) is 11.3 Å². The van der Waals surface area contributed by atoms with Crippen molar-refractivity contribution in [1.82, 2.24) is 0 Å². The van der Waals surface area contributed by atoms with E-state index < -0.39 is 0 Å². The van der Waals surface area contributed by atoms with Crippen molar-refractivity contribution in [3.63, 3.8) is 0 Å². The van der Waals surface area contributed by atoms with Gasteiger partial charge in [-0.25, -0.2) is 0 Å². The molecule has 1 aromatic carbocycles. The van der Waals surface area contributed by atoms with E-state index in [2.05, 4.69) is 36.7 Å². The first-order valence-electron chi connectivity index (χ1n) is 5.38. The second-order valence-corrected chi connectivity index (χ2v) is 6.07. The number of alkyl halides is 1. The van der Waals surface area contributed by atoms with E-state index in [9.17, 15) is 0 Å². The summed E-state index contributed by atoms with van der Waals surface area (Å²) < 4.78 is 5.75. The lowest BCUT2D eigenvalue weighted by Gasteiger charge is -2.28. The van der Waals surface area contributed by atoms with E-state index in [0.717, 1.165) is 22.7 Å². The van der Waals surface area contributed by atoms with Gasteiger partial charge in [0.15, 0.2) is 0 Å². The number of ether oxygens (including phenoxy) is 1. The molecule has 0 spiro atoms. The Balaban J connectivity index is 2.53. The molecule has 1 nitrogen and oxygen atoms in total. The van der Waals surface area contributed by atoms with E-state index in [1.54, 1.807) is 0 Å². The summed E-state index contributed by atoms with van der Waals surface area (Å²) in [6.45, 7) is 7.40. The van der Waals surface area contributed by atoms with Crippen LogP contribution in [0.1, 0.15) is 20.8 Å². The maximum atomic E-state index is 5.81. The minimum absolute atomic E-state index is 0.246. The van der Waals surface area contributed by atoms with Gasteiger partial charge in [0, 0.05) is 16.3 Å². The monoisotopic (exact) mass is 304 g/mol. The highest BCUT2D eigenvalue weighted by Crippen LogP contribution is 2.28. The molecule has 1 rings (SSSR count). The van der Waals surface area contributed by atoms with E-state index in [1.807, 2.05) is 24.3 Å². The Morgan fingerprint density at radius 1 is 1.25 bits per heavy atom. The lowest BCUT2D eigenvalue weighted by atomic mass is 9.83. The summed E-state index contributed by atoms with van der Waals surface area (Å²) in [6.07, 6.45) is 0. The van der Waals surface area contributed by atoms with Crippen molar-refractivity contribution < 1.29 is 4.74 Å². The van der Waals surface area contributed by atoms with Gasteiger partial charge < -0.3 is 4.74 Å². The number of rotatable bonds is 4. The molecule has 0 aromatic heterocycles. The van der Waals surface area contributed by atoms with Gasteiger partial charge in [0.05, 0.1) is 6.61 Å². The zero-order valence-corrected chi connectivity index (χ0v) is 12.3. The van der Waals surface area contributed by atoms with Gasteiger partial charge in [-0.1, -0.05) is 48.3 Å². The van der Waals surface area contributed by atoms with Gasteiger partial charge in [0.2, 0.25) is 0 Å². The number of hydrogen-bond acceptors (Lipinski definition) is 1. The third kappa shape index (κ3) is 4.34. The van der Waals surface area contributed by atoms with E-state index >= 15 is 0 Å². The summed E-state index contributed by atoms with van der Waals surface area (Å²) in [5.41, 5.74) is 0.246. The van der Waals surface area contributed by atoms with E-state index in [-0.39, 0.29) is 5.41 Å². The first-order valence-corrected chi connectivity index (χ1v) is 6.88. The third-order valence-corrected chi connectivity index (χ3v) is 3.71. The Labute approximate surface area is 111 Å². The molecule has 0 heterocycles. The minimum atomic E-state index is 0.246. The Hall–Kier alpha value is -0.210. The van der Waals surface area contributed by atoms with Crippen molar-refractivity contribution >= 4 is 27.5 Å². The van der Waals surface area contributed by atoms with E-state index in [1.165, 1.54) is 0 Å². The zero-order valence-electron chi connectivity index (χ0n) is 9.97. The maximum absolute atomic E-state index is 5.81. The summed E-state index contributed by atoms with van der Waals surface area (Å²) >= 11 is 9.35. The number of halogens is 2. The highest BCUT2D eigenvalue weighted by molar-refractivity contribution is 9.09. The standard InChI is InChI=1S/C13H18BrClO/c1-13(2,3)10(8-14)9-16-12-6-4-11(15)5-7-12/h4-7,10H,8-9H2,1-3H3. The molecule has 0 aliphatic heterocycles. The molecule has 0 bridgehead atoms. The van der Waals surface area contributed by atoms with Crippen LogP contribution in [-0.4, -0.2) is 11.9 Å². The van der Waals surface area contributed by atoms with Crippen molar-refractivity contribution in [3.05, 3.63) is 29.3 Å². The predicted octanol–water partition coefficient (Wildman–Crippen LogP) is 4.78. The first kappa shape index (κ1) is 13.9. The van der Waals surface area contributed by atoms with Crippen LogP contribution >= 0.6 is 27.5 Å². The second kappa shape index (κ2) is 5.92. The molecule has 0 N–H and O–H groups in total. The van der Waals surface area contributed by atoms with Gasteiger partial charge in [0.25, 0.3) is 0 Å². The average Bonchev–Trinajstić information content (AvgIpc) is 2.19. The predicted molar refractivity (Wildman–Crippen MR) is 73.7 cm³/mol. The summed E-state index contributed by atoms with van der Waals surface area (Å²) in [6, 6.07) is 7.49. The maximum Gasteiger partial charge on any atom is 0.119 e. The molecule has 0 radical (unpaired) electrons. The fraction of sp³-hybridized carbons (Fsp3) is 0.538. The van der Waals surface area contributed by atoms with Crippen LogP contribution in [0.4, 0.5) is 0 Å². The van der Waals surface area contributed by atoms with Crippen LogP contribution in [0.3, 0.4) is 0 Å². The molecule has 0 amide bonds. The number of hydrogen-bond donors (Lipinski definition) is 0. The Morgan fingerprint density at radius 2 is 1.81 bits per heavy atom. The molecular formula is C13H18BrClO. The van der Waals surface area contributed by atoms with Crippen LogP contribution in [0.2, 0.25) is 5.02 Å². The molecule has 1 aromatic rings. The Bertz CT molecular complexity index is 316. The van der Waals surface area contributed by atoms with E-state index in [0.29, 0.717) is 5.92 Å². The quantitative estimate of drug-likeness (QED) is 0.728. The minimum Gasteiger partial charge on any atom is -0.493 e. The molecule has 0 fully saturated rings. The van der Waals surface area contributed by atoms with Gasteiger partial charge in [-0.15, -0.1) is 0 Å². The summed E-state index contributed by atoms with van der Waals surface area (Å²) in [4.78, 5) is 0. The highest BCUT2D eigenvalue weighted by Gasteiger charge is 2.24. The molecule has 0 saturated heterocycles. The van der Waals surface area contributed by atoms with Crippen molar-refractivity contribution in [3.8, 4) is 5.75 Å². The van der Waals surface area contributed by atoms with Crippen LogP contribution in [0.25, 0.3) is 0 Å². The van der Waals surface area contributed by atoms with Crippen molar-refractivity contribution in [1.29, 1.82) is 0 Å². The topological polar surface area (TPSA) is 9.23 Å². The van der Waals surface area contributed by atoms with Crippen molar-refractivity contribution in [2.24, 2.45) is 11.3 Å². The van der Waals surface area contributed by atoms with Crippen LogP contribution in [-0.2, 0) is 0 Å². The Kier molecular flexibility index (Phi) is 5.13. The molecule has 90 valence electrons. The van der Waals surface area contributed by atoms with Gasteiger partial charge in [-0.05, 0) is 29.7 Å². The SMILES string of the molecule is CC(C)(C)C(CBr)COc1ccc(Cl)cc1. The largest absolute Gasteiger partial charge is 0.493 e. The van der Waals surface area contributed by atoms with Gasteiger partial charge in [-0.2, -0.15) is 0 Å². The molecular weight excluding hydrogens is 287 g/mol. The van der Waals surface area contributed by atoms with Crippen LogP contribution in [0.15, 0.2) is 24.3 Å². The average molecular weight is 306 g/mol. The normalized spacial score (nSPS) is 13.6. The molecule has 16 heavy (non-hydrogen) atoms. The molecule has 1 atom stereocenters. The lowest BCUT2D eigenvalue weighted by Crippen LogP contribution is -2.27. The number of benzene rings is 1. The highest BCUT2D eigenvalue weighted by atomic mass is 79.9. The summed E-state index contributed by atoms with van der Waals surface area (Å²) in [5.74, 6) is 1.36. The van der Waals surface area contributed by atoms with E-state index in [4.69, 9.17) is 16.3 Å². The van der Waals surface area contributed by atoms with Gasteiger partial charge in [0.1, 0.15) is 5.75 Å². The summed E-state index contributed by atoms with van der Waals surface area (Å²) in [7, 11) is 0. The van der Waals surface area contributed by atoms with Gasteiger partial charge in [-0.3, -0.25) is 0 Å². The van der Waals surface area contributed by atoms with Crippen molar-refractivity contribution in [2.45, 2.75) is 20.8 Å². The van der Waals surface area contributed by atoms with Crippen LogP contribution in [0.5, 0.6) is 5.75 Å². The smallest absolute Gasteiger partial charge is 0.119 e. The molecule has 0 aliphatic rings. The molecule has 0 aliphatic carbocycles. The zero-order chi connectivity index (χ0) is 12.2. The first-order chi connectivity index (χ1) is 7.43. The summed E-state index contributed by atoms with van der Waals surface area (Å²) in [5, 5.41) is 1.68. The van der Waals surface area contributed by atoms with Gasteiger partial charge >= 0.3 is 0 Å². The van der Waals surface area contributed by atoms with Crippen molar-refractivity contribution in [2.75, 3.05) is 11.9 Å². The fourth-order valence-corrected chi connectivity index (χ4v) is 2.54.